The van der Waals surface area contributed by atoms with Gasteiger partial charge in [0.05, 0.1) is 5.69 Å². The zero-order chi connectivity index (χ0) is 10.6. The largest absolute Gasteiger partial charge is 0.316 e. The van der Waals surface area contributed by atoms with Crippen LogP contribution in [0.2, 0.25) is 0 Å². The van der Waals surface area contributed by atoms with E-state index in [4.69, 9.17) is 0 Å². The van der Waals surface area contributed by atoms with Crippen molar-refractivity contribution in [1.29, 1.82) is 0 Å². The van der Waals surface area contributed by atoms with Gasteiger partial charge in [-0.15, -0.1) is 0 Å². The van der Waals surface area contributed by atoms with Gasteiger partial charge in [-0.05, 0) is 19.4 Å². The molecule has 0 aromatic carbocycles. The fourth-order valence-electron chi connectivity index (χ4n) is 1.63. The molecule has 0 aliphatic rings. The maximum atomic E-state index is 4.59. The first-order chi connectivity index (χ1) is 6.69. The maximum absolute atomic E-state index is 4.59. The van der Waals surface area contributed by atoms with Crippen molar-refractivity contribution in [3.8, 4) is 0 Å². The standard InChI is InChI=1S/C11H21N3/c1-5-6-14-8-10(7-12-4)11(13-14)9(2)3/h8-9,12H,5-7H2,1-4H3. The molecular weight excluding hydrogens is 174 g/mol. The summed E-state index contributed by atoms with van der Waals surface area (Å²) in [4.78, 5) is 0. The Morgan fingerprint density at radius 2 is 2.21 bits per heavy atom. The minimum Gasteiger partial charge on any atom is -0.316 e. The van der Waals surface area contributed by atoms with Crippen LogP contribution in [0.25, 0.3) is 0 Å². The summed E-state index contributed by atoms with van der Waals surface area (Å²) in [6, 6.07) is 0. The quantitative estimate of drug-likeness (QED) is 0.780. The Bertz CT molecular complexity index is 276. The van der Waals surface area contributed by atoms with Crippen LogP contribution in [0, 0.1) is 0 Å². The highest BCUT2D eigenvalue weighted by Gasteiger charge is 2.10. The van der Waals surface area contributed by atoms with E-state index < -0.39 is 0 Å². The lowest BCUT2D eigenvalue weighted by atomic mass is 10.1. The molecule has 14 heavy (non-hydrogen) atoms. The Kier molecular flexibility index (Phi) is 4.14. The Labute approximate surface area is 86.5 Å². The molecule has 0 fully saturated rings. The van der Waals surface area contributed by atoms with E-state index in [9.17, 15) is 0 Å². The van der Waals surface area contributed by atoms with Crippen LogP contribution < -0.4 is 5.32 Å². The highest BCUT2D eigenvalue weighted by Crippen LogP contribution is 2.17. The lowest BCUT2D eigenvalue weighted by molar-refractivity contribution is 0.588. The van der Waals surface area contributed by atoms with Crippen LogP contribution in [0.3, 0.4) is 0 Å². The number of nitrogens with one attached hydrogen (secondary N) is 1. The van der Waals surface area contributed by atoms with Crippen LogP contribution in [0.4, 0.5) is 0 Å². The number of hydrogen-bond donors (Lipinski definition) is 1. The van der Waals surface area contributed by atoms with Gasteiger partial charge in [0.1, 0.15) is 0 Å². The van der Waals surface area contributed by atoms with Gasteiger partial charge < -0.3 is 5.32 Å². The van der Waals surface area contributed by atoms with Gasteiger partial charge in [0.2, 0.25) is 0 Å². The van der Waals surface area contributed by atoms with Crippen molar-refractivity contribution in [2.45, 2.75) is 46.2 Å². The van der Waals surface area contributed by atoms with Crippen LogP contribution in [0.15, 0.2) is 6.20 Å². The molecule has 1 heterocycles. The average molecular weight is 195 g/mol. The lowest BCUT2D eigenvalue weighted by Gasteiger charge is -2.03. The molecule has 3 heteroatoms. The number of aromatic nitrogens is 2. The monoisotopic (exact) mass is 195 g/mol. The number of aryl methyl sites for hydroxylation is 1. The van der Waals surface area contributed by atoms with Crippen LogP contribution in [0.5, 0.6) is 0 Å². The third kappa shape index (κ3) is 2.58. The molecule has 0 radical (unpaired) electrons. The fraction of sp³-hybridized carbons (Fsp3) is 0.727. The molecule has 0 amide bonds. The van der Waals surface area contributed by atoms with Gasteiger partial charge in [0, 0.05) is 24.8 Å². The molecule has 1 rings (SSSR count). The number of nitrogens with zero attached hydrogens (tertiary/aromatic N) is 2. The zero-order valence-corrected chi connectivity index (χ0v) is 9.67. The van der Waals surface area contributed by atoms with E-state index in [0.29, 0.717) is 5.92 Å². The molecular formula is C11H21N3. The third-order valence-corrected chi connectivity index (χ3v) is 2.24. The third-order valence-electron chi connectivity index (χ3n) is 2.24. The van der Waals surface area contributed by atoms with Gasteiger partial charge in [-0.2, -0.15) is 5.10 Å². The van der Waals surface area contributed by atoms with Crippen LogP contribution in [-0.4, -0.2) is 16.8 Å². The van der Waals surface area contributed by atoms with Crippen molar-refractivity contribution < 1.29 is 0 Å². The van der Waals surface area contributed by atoms with E-state index in [1.807, 2.05) is 7.05 Å². The van der Waals surface area contributed by atoms with Crippen LogP contribution >= 0.6 is 0 Å². The summed E-state index contributed by atoms with van der Waals surface area (Å²) in [5.74, 6) is 0.511. The molecule has 0 atom stereocenters. The summed E-state index contributed by atoms with van der Waals surface area (Å²) in [6.45, 7) is 8.49. The van der Waals surface area contributed by atoms with Crippen molar-refractivity contribution in [3.63, 3.8) is 0 Å². The second-order valence-electron chi connectivity index (χ2n) is 3.99. The number of rotatable bonds is 5. The van der Waals surface area contributed by atoms with Crippen LogP contribution in [-0.2, 0) is 13.1 Å². The first-order valence-electron chi connectivity index (χ1n) is 5.39. The molecule has 1 N–H and O–H groups in total. The van der Waals surface area contributed by atoms with Crippen molar-refractivity contribution >= 4 is 0 Å². The van der Waals surface area contributed by atoms with Gasteiger partial charge in [0.15, 0.2) is 0 Å². The fourth-order valence-corrected chi connectivity index (χ4v) is 1.63. The van der Waals surface area contributed by atoms with Crippen LogP contribution in [0.1, 0.15) is 44.4 Å². The van der Waals surface area contributed by atoms with Gasteiger partial charge in [-0.25, -0.2) is 0 Å². The maximum Gasteiger partial charge on any atom is 0.0694 e. The van der Waals surface area contributed by atoms with Gasteiger partial charge in [0.25, 0.3) is 0 Å². The molecule has 0 aliphatic heterocycles. The molecule has 80 valence electrons. The van der Waals surface area contributed by atoms with Gasteiger partial charge >= 0.3 is 0 Å². The van der Waals surface area contributed by atoms with Gasteiger partial charge in [-0.1, -0.05) is 20.8 Å². The van der Waals surface area contributed by atoms with E-state index in [1.165, 1.54) is 11.3 Å². The zero-order valence-electron chi connectivity index (χ0n) is 9.67. The predicted octanol–water partition coefficient (Wildman–Crippen LogP) is 2.14. The summed E-state index contributed by atoms with van der Waals surface area (Å²) in [7, 11) is 1.97. The molecule has 0 spiro atoms. The topological polar surface area (TPSA) is 29.9 Å². The first kappa shape index (κ1) is 11.2. The Morgan fingerprint density at radius 3 is 2.71 bits per heavy atom. The minimum absolute atomic E-state index is 0.511. The molecule has 0 aliphatic carbocycles. The first-order valence-corrected chi connectivity index (χ1v) is 5.39. The minimum atomic E-state index is 0.511. The second-order valence-corrected chi connectivity index (χ2v) is 3.99. The van der Waals surface area contributed by atoms with E-state index >= 15 is 0 Å². The second kappa shape index (κ2) is 5.15. The highest BCUT2D eigenvalue weighted by atomic mass is 15.3. The summed E-state index contributed by atoms with van der Waals surface area (Å²) in [5, 5.41) is 7.78. The van der Waals surface area contributed by atoms with Crippen molar-refractivity contribution in [2.75, 3.05) is 7.05 Å². The average Bonchev–Trinajstić information content (AvgIpc) is 2.49. The smallest absolute Gasteiger partial charge is 0.0694 e. The van der Waals surface area contributed by atoms with Gasteiger partial charge in [-0.3, -0.25) is 4.68 Å². The summed E-state index contributed by atoms with van der Waals surface area (Å²) in [6.07, 6.45) is 3.30. The molecule has 3 nitrogen and oxygen atoms in total. The van der Waals surface area contributed by atoms with Crippen molar-refractivity contribution in [1.82, 2.24) is 15.1 Å². The molecule has 0 bridgehead atoms. The number of hydrogen-bond acceptors (Lipinski definition) is 2. The predicted molar refractivity (Wildman–Crippen MR) is 59.4 cm³/mol. The van der Waals surface area contributed by atoms with Crippen molar-refractivity contribution in [2.24, 2.45) is 0 Å². The summed E-state index contributed by atoms with van der Waals surface area (Å²) >= 11 is 0. The summed E-state index contributed by atoms with van der Waals surface area (Å²) in [5.41, 5.74) is 2.56. The normalized spacial score (nSPS) is 11.2. The molecule has 0 unspecified atom stereocenters. The highest BCUT2D eigenvalue weighted by molar-refractivity contribution is 5.20. The van der Waals surface area contributed by atoms with E-state index in [-0.39, 0.29) is 0 Å². The molecule has 0 saturated heterocycles. The Morgan fingerprint density at radius 1 is 1.50 bits per heavy atom. The molecule has 1 aromatic rings. The Balaban J connectivity index is 2.87. The summed E-state index contributed by atoms with van der Waals surface area (Å²) < 4.78 is 2.06. The Hall–Kier alpha value is -0.830. The van der Waals surface area contributed by atoms with E-state index in [0.717, 1.165) is 19.5 Å². The lowest BCUT2D eigenvalue weighted by Crippen LogP contribution is -2.06. The van der Waals surface area contributed by atoms with E-state index in [1.54, 1.807) is 0 Å². The van der Waals surface area contributed by atoms with E-state index in [2.05, 4.69) is 42.1 Å². The molecule has 0 saturated carbocycles. The molecule has 1 aromatic heterocycles. The van der Waals surface area contributed by atoms with Crippen molar-refractivity contribution in [3.05, 3.63) is 17.5 Å². The SMILES string of the molecule is CCCn1cc(CNC)c(C(C)C)n1.